The second-order valence-corrected chi connectivity index (χ2v) is 6.54. The van der Waals surface area contributed by atoms with Gasteiger partial charge in [0.2, 0.25) is 11.5 Å². The molecule has 9 nitrogen and oxygen atoms in total. The lowest BCUT2D eigenvalue weighted by molar-refractivity contribution is -0.167. The zero-order chi connectivity index (χ0) is 21.8. The minimum Gasteiger partial charge on any atom is -0.504 e. The van der Waals surface area contributed by atoms with Crippen LogP contribution in [0.15, 0.2) is 36.4 Å². The maximum Gasteiger partial charge on any atom is 0.313 e. The smallest absolute Gasteiger partial charge is 0.313 e. The van der Waals surface area contributed by atoms with Crippen LogP contribution in [-0.2, 0) is 21.6 Å². The maximum atomic E-state index is 12.2. The Morgan fingerprint density at radius 3 is 2.21 bits per heavy atom. The van der Waals surface area contributed by atoms with E-state index in [0.29, 0.717) is 17.9 Å². The molecular formula is C20H23NO8. The van der Waals surface area contributed by atoms with Crippen molar-refractivity contribution < 1.29 is 40.0 Å². The Hall–Kier alpha value is -3.30. The van der Waals surface area contributed by atoms with Crippen LogP contribution in [0.1, 0.15) is 24.5 Å². The molecule has 5 N–H and O–H groups in total. The molecule has 1 amide bonds. The summed E-state index contributed by atoms with van der Waals surface area (Å²) in [4.78, 5) is 24.0. The molecule has 0 aromatic heterocycles. The summed E-state index contributed by atoms with van der Waals surface area (Å²) in [6.45, 7) is 2.29. The molecule has 0 aliphatic rings. The van der Waals surface area contributed by atoms with Crippen molar-refractivity contribution in [2.75, 3.05) is 13.7 Å². The van der Waals surface area contributed by atoms with Gasteiger partial charge in [0.05, 0.1) is 6.61 Å². The van der Waals surface area contributed by atoms with Gasteiger partial charge in [-0.2, -0.15) is 0 Å². The Balaban J connectivity index is 2.46. The van der Waals surface area contributed by atoms with E-state index in [1.54, 1.807) is 24.3 Å². The third-order valence-electron chi connectivity index (χ3n) is 4.35. The maximum absolute atomic E-state index is 12.2. The topological polar surface area (TPSA) is 148 Å². The van der Waals surface area contributed by atoms with Gasteiger partial charge in [-0.15, -0.1) is 0 Å². The number of hydrogen-bond donors (Lipinski definition) is 5. The lowest BCUT2D eigenvalue weighted by Crippen LogP contribution is -2.38. The van der Waals surface area contributed by atoms with Gasteiger partial charge in [-0.1, -0.05) is 12.1 Å². The van der Waals surface area contributed by atoms with Crippen LogP contribution in [0, 0.1) is 0 Å². The number of carbonyl (C=O) groups excluding carboxylic acids is 2. The van der Waals surface area contributed by atoms with Crippen LogP contribution in [0.4, 0.5) is 0 Å². The molecule has 2 aromatic rings. The normalized spacial score (nSPS) is 12.8. The van der Waals surface area contributed by atoms with E-state index in [1.807, 2.05) is 6.92 Å². The van der Waals surface area contributed by atoms with E-state index in [4.69, 9.17) is 4.74 Å². The van der Waals surface area contributed by atoms with Crippen molar-refractivity contribution in [3.63, 3.8) is 0 Å². The Kier molecular flexibility index (Phi) is 6.68. The van der Waals surface area contributed by atoms with E-state index in [-0.39, 0.29) is 17.0 Å². The third kappa shape index (κ3) is 4.95. The Labute approximate surface area is 167 Å². The minimum atomic E-state index is -2.12. The molecule has 0 aliphatic heterocycles. The van der Waals surface area contributed by atoms with Crippen LogP contribution < -0.4 is 4.74 Å². The number of amides is 1. The van der Waals surface area contributed by atoms with E-state index >= 15 is 0 Å². The SMILES string of the molecule is CCOc1ccc(C[C@@](O)(CC(=O)C(=O)N(C)O)c2ccc(O)c(O)c2O)cc1. The minimum absolute atomic E-state index is 0.0911. The lowest BCUT2D eigenvalue weighted by Gasteiger charge is -2.29. The van der Waals surface area contributed by atoms with Gasteiger partial charge in [0, 0.05) is 25.5 Å². The predicted octanol–water partition coefficient (Wildman–Crippen LogP) is 1.44. The fourth-order valence-electron chi connectivity index (χ4n) is 2.93. The molecule has 9 heteroatoms. The van der Waals surface area contributed by atoms with E-state index in [1.165, 1.54) is 0 Å². The first-order valence-corrected chi connectivity index (χ1v) is 8.77. The van der Waals surface area contributed by atoms with Gasteiger partial charge in [0.25, 0.3) is 0 Å². The van der Waals surface area contributed by atoms with Crippen molar-refractivity contribution in [3.05, 3.63) is 47.5 Å². The van der Waals surface area contributed by atoms with Crippen molar-refractivity contribution in [1.82, 2.24) is 5.06 Å². The Morgan fingerprint density at radius 1 is 1.03 bits per heavy atom. The van der Waals surface area contributed by atoms with Gasteiger partial charge in [0.1, 0.15) is 11.4 Å². The molecule has 2 aromatic carbocycles. The molecule has 2 rings (SSSR count). The highest BCUT2D eigenvalue weighted by Gasteiger charge is 2.38. The summed E-state index contributed by atoms with van der Waals surface area (Å²) in [6.07, 6.45) is -1.01. The quantitative estimate of drug-likeness (QED) is 0.192. The van der Waals surface area contributed by atoms with Crippen molar-refractivity contribution >= 4 is 11.7 Å². The molecule has 1 atom stereocenters. The van der Waals surface area contributed by atoms with Crippen LogP contribution in [0.5, 0.6) is 23.0 Å². The van der Waals surface area contributed by atoms with Gasteiger partial charge in [-0.3, -0.25) is 14.8 Å². The van der Waals surface area contributed by atoms with Crippen LogP contribution in [0.3, 0.4) is 0 Å². The molecule has 0 aliphatic carbocycles. The van der Waals surface area contributed by atoms with E-state index in [0.717, 1.165) is 19.2 Å². The molecule has 0 unspecified atom stereocenters. The summed E-state index contributed by atoms with van der Waals surface area (Å²) < 4.78 is 5.35. The largest absolute Gasteiger partial charge is 0.504 e. The second kappa shape index (κ2) is 8.80. The number of nitrogens with zero attached hydrogens (tertiary/aromatic N) is 1. The van der Waals surface area contributed by atoms with Gasteiger partial charge in [-0.25, -0.2) is 5.06 Å². The third-order valence-corrected chi connectivity index (χ3v) is 4.35. The molecular weight excluding hydrogens is 382 g/mol. The van der Waals surface area contributed by atoms with Crippen LogP contribution in [-0.4, -0.2) is 56.0 Å². The lowest BCUT2D eigenvalue weighted by atomic mass is 9.82. The first-order valence-electron chi connectivity index (χ1n) is 8.77. The van der Waals surface area contributed by atoms with Crippen LogP contribution in [0.2, 0.25) is 0 Å². The van der Waals surface area contributed by atoms with E-state index < -0.39 is 41.0 Å². The Morgan fingerprint density at radius 2 is 1.66 bits per heavy atom. The van der Waals surface area contributed by atoms with E-state index in [2.05, 4.69) is 0 Å². The van der Waals surface area contributed by atoms with Crippen LogP contribution >= 0.6 is 0 Å². The van der Waals surface area contributed by atoms with Crippen molar-refractivity contribution in [3.8, 4) is 23.0 Å². The number of Topliss-reactive ketones (excluding diaryl/α,β-unsaturated/α-hetero) is 1. The number of phenols is 3. The highest BCUT2D eigenvalue weighted by atomic mass is 16.5. The fourth-order valence-corrected chi connectivity index (χ4v) is 2.93. The highest BCUT2D eigenvalue weighted by Crippen LogP contribution is 2.44. The van der Waals surface area contributed by atoms with Gasteiger partial charge in [0.15, 0.2) is 11.5 Å². The number of aliphatic hydroxyl groups is 1. The number of ether oxygens (including phenoxy) is 1. The summed E-state index contributed by atoms with van der Waals surface area (Å²) in [5.41, 5.74) is -1.84. The number of aromatic hydroxyl groups is 3. The molecule has 29 heavy (non-hydrogen) atoms. The average Bonchev–Trinajstić information content (AvgIpc) is 2.67. The number of benzene rings is 2. The van der Waals surface area contributed by atoms with Crippen molar-refractivity contribution in [2.24, 2.45) is 0 Å². The zero-order valence-corrected chi connectivity index (χ0v) is 16.0. The molecule has 156 valence electrons. The molecule has 0 fully saturated rings. The predicted molar refractivity (Wildman–Crippen MR) is 101 cm³/mol. The number of hydrogen-bond acceptors (Lipinski definition) is 8. The summed E-state index contributed by atoms with van der Waals surface area (Å²) in [7, 11) is 0.968. The standard InChI is InChI=1S/C20H23NO8/c1-3-29-13-6-4-12(5-7-13)10-20(27,11-16(23)19(26)21(2)28)14-8-9-15(22)18(25)17(14)24/h4-9,22,24-25,27-28H,3,10-11H2,1-2H3/t20-/m1/s1. The molecule has 0 radical (unpaired) electrons. The number of rotatable bonds is 8. The molecule has 0 heterocycles. The fraction of sp³-hybridized carbons (Fsp3) is 0.300. The van der Waals surface area contributed by atoms with Gasteiger partial charge in [-0.05, 0) is 36.8 Å². The van der Waals surface area contributed by atoms with Gasteiger partial charge < -0.3 is 25.2 Å². The number of ketones is 1. The molecule has 0 saturated carbocycles. The molecule has 0 bridgehead atoms. The highest BCUT2D eigenvalue weighted by molar-refractivity contribution is 6.35. The summed E-state index contributed by atoms with van der Waals surface area (Å²) in [5, 5.41) is 50.1. The Bertz CT molecular complexity index is 894. The number of likely N-dealkylation sites (N-methyl/N-ethyl adjacent to an activating group) is 1. The molecule has 0 spiro atoms. The monoisotopic (exact) mass is 405 g/mol. The first-order chi connectivity index (χ1) is 13.6. The summed E-state index contributed by atoms with van der Waals surface area (Å²) >= 11 is 0. The number of hydroxylamine groups is 2. The van der Waals surface area contributed by atoms with Crippen molar-refractivity contribution in [2.45, 2.75) is 25.4 Å². The molecule has 0 saturated heterocycles. The van der Waals surface area contributed by atoms with E-state index in [9.17, 15) is 35.2 Å². The zero-order valence-electron chi connectivity index (χ0n) is 16.0. The summed E-state index contributed by atoms with van der Waals surface area (Å²) in [5.74, 6) is -4.08. The summed E-state index contributed by atoms with van der Waals surface area (Å²) in [6, 6.07) is 8.76. The average molecular weight is 405 g/mol. The van der Waals surface area contributed by atoms with Crippen molar-refractivity contribution in [1.29, 1.82) is 0 Å². The number of phenolic OH excluding ortho intramolecular Hbond substituents is 3. The van der Waals surface area contributed by atoms with Crippen LogP contribution in [0.25, 0.3) is 0 Å². The number of carbonyl (C=O) groups is 2. The van der Waals surface area contributed by atoms with Gasteiger partial charge >= 0.3 is 5.91 Å². The first kappa shape index (κ1) is 22.0. The second-order valence-electron chi connectivity index (χ2n) is 6.54.